The maximum absolute atomic E-state index is 13.3. The first-order chi connectivity index (χ1) is 17.6. The Hall–Kier alpha value is -4.34. The lowest BCUT2D eigenvalue weighted by molar-refractivity contribution is -0.385. The minimum absolute atomic E-state index is 0.00343. The number of carbonyl (C=O) groups is 1. The molecule has 0 unspecified atom stereocenters. The summed E-state index contributed by atoms with van der Waals surface area (Å²) in [6, 6.07) is 25.6. The van der Waals surface area contributed by atoms with Gasteiger partial charge in [0.1, 0.15) is 0 Å². The van der Waals surface area contributed by atoms with Crippen molar-refractivity contribution >= 4 is 56.8 Å². The number of hydrogen-bond donors (Lipinski definition) is 0. The molecule has 0 atom stereocenters. The van der Waals surface area contributed by atoms with E-state index in [1.807, 2.05) is 66.0 Å². The summed E-state index contributed by atoms with van der Waals surface area (Å²) in [6.45, 7) is 0. The van der Waals surface area contributed by atoms with Gasteiger partial charge in [0.05, 0.1) is 26.8 Å². The van der Waals surface area contributed by atoms with Crippen molar-refractivity contribution < 1.29 is 9.72 Å². The second-order valence-electron chi connectivity index (χ2n) is 7.56. The Morgan fingerprint density at radius 1 is 0.944 bits per heavy atom. The standard InChI is InChI=1S/C27H18N4O3S2/c32-25-24(17-9-13-20-12-7-8-16-23(20)31(33)34)36-27(30(25)21-14-5-2-6-15-21)29-26-28-22(18-35-26)19-10-3-1-4-11-19/h1-18H/b13-9+,24-17-,29-27+. The number of allylic oxidation sites excluding steroid dienone is 2. The van der Waals surface area contributed by atoms with E-state index in [1.54, 1.807) is 41.3 Å². The molecule has 176 valence electrons. The summed E-state index contributed by atoms with van der Waals surface area (Å²) in [5.74, 6) is -0.225. The zero-order valence-corrected chi connectivity index (χ0v) is 20.4. The van der Waals surface area contributed by atoms with E-state index >= 15 is 0 Å². The van der Waals surface area contributed by atoms with Crippen molar-refractivity contribution in [2.75, 3.05) is 4.90 Å². The summed E-state index contributed by atoms with van der Waals surface area (Å²) in [6.07, 6.45) is 4.92. The topological polar surface area (TPSA) is 88.7 Å². The van der Waals surface area contributed by atoms with E-state index in [0.717, 1.165) is 11.3 Å². The third kappa shape index (κ3) is 5.02. The molecule has 1 fully saturated rings. The third-order valence-corrected chi connectivity index (χ3v) is 6.95. The van der Waals surface area contributed by atoms with E-state index in [4.69, 9.17) is 4.99 Å². The number of thioether (sulfide) groups is 1. The SMILES string of the molecule is O=C1/C(=C/C=C/c2ccccc2[N+](=O)[O-])S/C(=N/c2nc(-c3ccccc3)cs2)N1c1ccccc1. The fourth-order valence-corrected chi connectivity index (χ4v) is 5.23. The van der Waals surface area contributed by atoms with Gasteiger partial charge in [0.2, 0.25) is 5.13 Å². The summed E-state index contributed by atoms with van der Waals surface area (Å²) >= 11 is 2.64. The van der Waals surface area contributed by atoms with Gasteiger partial charge in [0.15, 0.2) is 5.17 Å². The molecule has 36 heavy (non-hydrogen) atoms. The number of aromatic nitrogens is 1. The number of nitrogens with zero attached hydrogens (tertiary/aromatic N) is 4. The van der Waals surface area contributed by atoms with Gasteiger partial charge in [0.25, 0.3) is 11.6 Å². The van der Waals surface area contributed by atoms with Crippen LogP contribution in [0.25, 0.3) is 17.3 Å². The highest BCUT2D eigenvalue weighted by Gasteiger charge is 2.34. The van der Waals surface area contributed by atoms with Crippen LogP contribution >= 0.6 is 23.1 Å². The van der Waals surface area contributed by atoms with Crippen LogP contribution in [0.3, 0.4) is 0 Å². The maximum atomic E-state index is 13.3. The molecule has 0 radical (unpaired) electrons. The van der Waals surface area contributed by atoms with Crippen molar-refractivity contribution in [2.45, 2.75) is 0 Å². The summed E-state index contributed by atoms with van der Waals surface area (Å²) in [5.41, 5.74) is 2.97. The number of hydrogen-bond acceptors (Lipinski definition) is 7. The Morgan fingerprint density at radius 2 is 1.64 bits per heavy atom. The number of benzene rings is 3. The number of amidine groups is 1. The van der Waals surface area contributed by atoms with Crippen molar-refractivity contribution in [3.63, 3.8) is 0 Å². The molecule has 4 aromatic rings. The number of thiazole rings is 1. The van der Waals surface area contributed by atoms with Gasteiger partial charge >= 0.3 is 0 Å². The molecule has 0 N–H and O–H groups in total. The summed E-state index contributed by atoms with van der Waals surface area (Å²) in [4.78, 5) is 35.5. The molecule has 3 aromatic carbocycles. The number of nitro groups is 1. The second-order valence-corrected chi connectivity index (χ2v) is 9.41. The largest absolute Gasteiger partial charge is 0.276 e. The monoisotopic (exact) mass is 510 g/mol. The van der Waals surface area contributed by atoms with Gasteiger partial charge in [-0.1, -0.05) is 66.7 Å². The molecule has 1 saturated heterocycles. The number of amides is 1. The minimum Gasteiger partial charge on any atom is -0.268 e. The Morgan fingerprint density at radius 3 is 2.39 bits per heavy atom. The lowest BCUT2D eigenvalue weighted by Crippen LogP contribution is -2.28. The van der Waals surface area contributed by atoms with Gasteiger partial charge < -0.3 is 0 Å². The number of para-hydroxylation sites is 2. The van der Waals surface area contributed by atoms with Crippen LogP contribution in [0, 0.1) is 10.1 Å². The van der Waals surface area contributed by atoms with Gasteiger partial charge in [-0.25, -0.2) is 4.98 Å². The number of carbonyl (C=O) groups excluding carboxylic acids is 1. The molecule has 2 heterocycles. The first-order valence-corrected chi connectivity index (χ1v) is 12.6. The molecule has 0 aliphatic carbocycles. The molecule has 1 aromatic heterocycles. The highest BCUT2D eigenvalue weighted by atomic mass is 32.2. The van der Waals surface area contributed by atoms with E-state index in [2.05, 4.69) is 4.98 Å². The second kappa shape index (κ2) is 10.5. The van der Waals surface area contributed by atoms with Crippen LogP contribution in [-0.4, -0.2) is 21.0 Å². The number of aliphatic imine (C=N–C) groups is 1. The molecule has 0 spiro atoms. The van der Waals surface area contributed by atoms with Crippen LogP contribution in [0.2, 0.25) is 0 Å². The fourth-order valence-electron chi connectivity index (χ4n) is 3.54. The van der Waals surface area contributed by atoms with Gasteiger partial charge in [-0.2, -0.15) is 4.99 Å². The van der Waals surface area contributed by atoms with E-state index in [0.29, 0.717) is 26.5 Å². The molecule has 9 heteroatoms. The lowest BCUT2D eigenvalue weighted by Gasteiger charge is -2.14. The van der Waals surface area contributed by atoms with Crippen LogP contribution in [-0.2, 0) is 4.79 Å². The van der Waals surface area contributed by atoms with Crippen LogP contribution in [0.15, 0.2) is 112 Å². The van der Waals surface area contributed by atoms with Crippen LogP contribution in [0.4, 0.5) is 16.5 Å². The molecule has 5 rings (SSSR count). The zero-order valence-electron chi connectivity index (χ0n) is 18.7. The predicted octanol–water partition coefficient (Wildman–Crippen LogP) is 7.08. The molecule has 0 bridgehead atoms. The quantitative estimate of drug-likeness (QED) is 0.157. The normalized spacial score (nSPS) is 15.9. The fraction of sp³-hybridized carbons (Fsp3) is 0. The highest BCUT2D eigenvalue weighted by Crippen LogP contribution is 2.37. The molecular weight excluding hydrogens is 492 g/mol. The Kier molecular flexibility index (Phi) is 6.83. The van der Waals surface area contributed by atoms with E-state index in [1.165, 1.54) is 29.2 Å². The van der Waals surface area contributed by atoms with Crippen molar-refractivity contribution in [2.24, 2.45) is 4.99 Å². The first kappa shape index (κ1) is 23.4. The predicted molar refractivity (Wildman–Crippen MR) is 146 cm³/mol. The summed E-state index contributed by atoms with van der Waals surface area (Å²) in [7, 11) is 0. The lowest BCUT2D eigenvalue weighted by atomic mass is 10.1. The van der Waals surface area contributed by atoms with E-state index in [9.17, 15) is 14.9 Å². The van der Waals surface area contributed by atoms with Crippen molar-refractivity contribution in [1.29, 1.82) is 0 Å². The summed E-state index contributed by atoms with van der Waals surface area (Å²) in [5, 5.41) is 14.2. The number of anilines is 1. The summed E-state index contributed by atoms with van der Waals surface area (Å²) < 4.78 is 0. The van der Waals surface area contributed by atoms with Crippen LogP contribution < -0.4 is 4.90 Å². The Balaban J connectivity index is 1.47. The molecule has 0 saturated carbocycles. The smallest absolute Gasteiger partial charge is 0.268 e. The average Bonchev–Trinajstić information content (AvgIpc) is 3.49. The zero-order chi connectivity index (χ0) is 24.9. The highest BCUT2D eigenvalue weighted by molar-refractivity contribution is 8.19. The van der Waals surface area contributed by atoms with Gasteiger partial charge in [0, 0.05) is 17.0 Å². The maximum Gasteiger partial charge on any atom is 0.276 e. The molecule has 1 aliphatic rings. The van der Waals surface area contributed by atoms with Crippen molar-refractivity contribution in [1.82, 2.24) is 4.98 Å². The Labute approximate surface area is 215 Å². The molecule has 1 amide bonds. The van der Waals surface area contributed by atoms with Crippen molar-refractivity contribution in [3.8, 4) is 11.3 Å². The van der Waals surface area contributed by atoms with E-state index < -0.39 is 4.92 Å². The van der Waals surface area contributed by atoms with Gasteiger partial charge in [-0.05, 0) is 42.1 Å². The number of rotatable bonds is 6. The Bertz CT molecular complexity index is 1510. The molecular formula is C27H18N4O3S2. The average molecular weight is 511 g/mol. The van der Waals surface area contributed by atoms with Gasteiger partial charge in [-0.15, -0.1) is 11.3 Å². The van der Waals surface area contributed by atoms with Crippen LogP contribution in [0.5, 0.6) is 0 Å². The van der Waals surface area contributed by atoms with Crippen molar-refractivity contribution in [3.05, 3.63) is 123 Å². The van der Waals surface area contributed by atoms with Gasteiger partial charge in [-0.3, -0.25) is 19.8 Å². The third-order valence-electron chi connectivity index (χ3n) is 5.23. The van der Waals surface area contributed by atoms with E-state index in [-0.39, 0.29) is 11.6 Å². The number of nitro benzene ring substituents is 1. The van der Waals surface area contributed by atoms with Crippen LogP contribution in [0.1, 0.15) is 5.56 Å². The molecule has 1 aliphatic heterocycles. The molecule has 7 nitrogen and oxygen atoms in total. The first-order valence-electron chi connectivity index (χ1n) is 10.9. The minimum atomic E-state index is -0.429.